The highest BCUT2D eigenvalue weighted by Gasteiger charge is 2.47. The van der Waals surface area contributed by atoms with Gasteiger partial charge in [0.25, 0.3) is 11.7 Å². The van der Waals surface area contributed by atoms with Gasteiger partial charge in [0.05, 0.1) is 18.7 Å². The molecule has 1 aliphatic rings. The van der Waals surface area contributed by atoms with E-state index in [1.165, 1.54) is 4.90 Å². The van der Waals surface area contributed by atoms with E-state index in [1.807, 2.05) is 55.5 Å². The van der Waals surface area contributed by atoms with Crippen LogP contribution in [0.3, 0.4) is 0 Å². The minimum Gasteiger partial charge on any atom is -0.507 e. The Morgan fingerprint density at radius 3 is 2.14 bits per heavy atom. The van der Waals surface area contributed by atoms with Crippen LogP contribution < -0.4 is 9.64 Å². The highest BCUT2D eigenvalue weighted by Crippen LogP contribution is 2.43. The van der Waals surface area contributed by atoms with Crippen molar-refractivity contribution in [2.45, 2.75) is 52.5 Å². The van der Waals surface area contributed by atoms with Crippen molar-refractivity contribution in [3.63, 3.8) is 0 Å². The van der Waals surface area contributed by atoms with Crippen molar-refractivity contribution >= 4 is 23.1 Å². The number of amides is 1. The number of benzene rings is 3. The Morgan fingerprint density at radius 1 is 0.972 bits per heavy atom. The smallest absolute Gasteiger partial charge is 0.300 e. The lowest BCUT2D eigenvalue weighted by atomic mass is 9.87. The van der Waals surface area contributed by atoms with Crippen molar-refractivity contribution in [2.75, 3.05) is 12.0 Å². The van der Waals surface area contributed by atoms with Crippen LogP contribution in [0.2, 0.25) is 0 Å². The predicted molar refractivity (Wildman–Crippen MR) is 143 cm³/mol. The van der Waals surface area contributed by atoms with Crippen molar-refractivity contribution in [1.29, 1.82) is 0 Å². The summed E-state index contributed by atoms with van der Waals surface area (Å²) < 4.78 is 5.34. The summed E-state index contributed by atoms with van der Waals surface area (Å²) in [5.74, 6) is -0.879. The third-order valence-electron chi connectivity index (χ3n) is 6.83. The quantitative estimate of drug-likeness (QED) is 0.256. The van der Waals surface area contributed by atoms with Gasteiger partial charge >= 0.3 is 0 Å². The number of rotatable bonds is 5. The van der Waals surface area contributed by atoms with Crippen molar-refractivity contribution in [2.24, 2.45) is 0 Å². The summed E-state index contributed by atoms with van der Waals surface area (Å²) in [5.41, 5.74) is 4.96. The van der Waals surface area contributed by atoms with Gasteiger partial charge in [-0.2, -0.15) is 0 Å². The normalized spacial score (nSPS) is 17.5. The van der Waals surface area contributed by atoms with Gasteiger partial charge in [0.15, 0.2) is 0 Å². The first-order valence-corrected chi connectivity index (χ1v) is 12.2. The Hall–Kier alpha value is -3.86. The first-order valence-electron chi connectivity index (χ1n) is 12.2. The molecule has 3 aromatic rings. The van der Waals surface area contributed by atoms with Crippen LogP contribution in [0.25, 0.3) is 5.76 Å². The number of Topliss-reactive ketones (excluding diaryl/α,β-unsaturated/α-hetero) is 1. The molecule has 186 valence electrons. The molecule has 4 rings (SSSR count). The molecular formula is C31H33NO4. The number of hydrogen-bond donors (Lipinski definition) is 1. The van der Waals surface area contributed by atoms with E-state index in [-0.39, 0.29) is 16.7 Å². The van der Waals surface area contributed by atoms with Gasteiger partial charge in [-0.15, -0.1) is 0 Å². The molecular weight excluding hydrogens is 450 g/mol. The number of anilines is 1. The monoisotopic (exact) mass is 483 g/mol. The fraction of sp³-hybridized carbons (Fsp3) is 0.290. The Kier molecular flexibility index (Phi) is 6.77. The molecule has 3 aromatic carbocycles. The number of aryl methyl sites for hydroxylation is 2. The molecule has 1 N–H and O–H groups in total. The number of hydrogen-bond acceptors (Lipinski definition) is 4. The van der Waals surface area contributed by atoms with E-state index in [4.69, 9.17) is 4.74 Å². The van der Waals surface area contributed by atoms with Crippen LogP contribution in [0.1, 0.15) is 61.6 Å². The van der Waals surface area contributed by atoms with E-state index >= 15 is 0 Å². The molecule has 0 saturated carbocycles. The first kappa shape index (κ1) is 25.2. The van der Waals surface area contributed by atoms with Crippen LogP contribution >= 0.6 is 0 Å². The molecule has 1 fully saturated rings. The molecule has 1 aliphatic heterocycles. The summed E-state index contributed by atoms with van der Waals surface area (Å²) in [5, 5.41) is 11.4. The summed E-state index contributed by atoms with van der Waals surface area (Å²) >= 11 is 0. The summed E-state index contributed by atoms with van der Waals surface area (Å²) in [4.78, 5) is 28.3. The molecule has 0 aliphatic carbocycles. The van der Waals surface area contributed by atoms with Crippen molar-refractivity contribution < 1.29 is 19.4 Å². The number of methoxy groups -OCH3 is 1. The Morgan fingerprint density at radius 2 is 1.61 bits per heavy atom. The van der Waals surface area contributed by atoms with Crippen LogP contribution in [0.5, 0.6) is 5.75 Å². The van der Waals surface area contributed by atoms with Crippen molar-refractivity contribution in [3.8, 4) is 5.75 Å². The van der Waals surface area contributed by atoms with Crippen LogP contribution in [0, 0.1) is 6.92 Å². The lowest BCUT2D eigenvalue weighted by Crippen LogP contribution is -2.29. The number of nitrogens with zero attached hydrogens (tertiary/aromatic N) is 1. The molecule has 0 spiro atoms. The van der Waals surface area contributed by atoms with E-state index in [1.54, 1.807) is 25.3 Å². The summed E-state index contributed by atoms with van der Waals surface area (Å²) in [6, 6.07) is 20.0. The van der Waals surface area contributed by atoms with Gasteiger partial charge in [-0.05, 0) is 71.3 Å². The van der Waals surface area contributed by atoms with E-state index < -0.39 is 17.7 Å². The van der Waals surface area contributed by atoms with Gasteiger partial charge < -0.3 is 9.84 Å². The van der Waals surface area contributed by atoms with Crippen molar-refractivity contribution in [1.82, 2.24) is 0 Å². The van der Waals surface area contributed by atoms with Gasteiger partial charge in [-0.3, -0.25) is 14.5 Å². The van der Waals surface area contributed by atoms with Gasteiger partial charge in [0.1, 0.15) is 11.5 Å². The van der Waals surface area contributed by atoms with Crippen LogP contribution in [0.15, 0.2) is 72.3 Å². The zero-order chi connectivity index (χ0) is 26.2. The van der Waals surface area contributed by atoms with Crippen LogP contribution in [0.4, 0.5) is 5.69 Å². The Balaban J connectivity index is 1.90. The third kappa shape index (κ3) is 4.53. The van der Waals surface area contributed by atoms with Crippen LogP contribution in [-0.4, -0.2) is 23.9 Å². The Labute approximate surface area is 213 Å². The molecule has 1 heterocycles. The zero-order valence-electron chi connectivity index (χ0n) is 21.8. The molecule has 5 heteroatoms. The Bertz CT molecular complexity index is 1330. The van der Waals surface area contributed by atoms with Crippen molar-refractivity contribution in [3.05, 3.63) is 100 Å². The first-order chi connectivity index (χ1) is 17.1. The summed E-state index contributed by atoms with van der Waals surface area (Å²) in [6.07, 6.45) is 0.875. The fourth-order valence-corrected chi connectivity index (χ4v) is 4.65. The SMILES string of the molecule is CCc1ccc(C2/C(=C(/O)c3ccc(OC)c(C)c3)C(=O)C(=O)N2c2ccc(C(C)(C)C)cc2)cc1. The van der Waals surface area contributed by atoms with Gasteiger partial charge in [0, 0.05) is 11.3 Å². The minimum atomic E-state index is -0.751. The number of carbonyl (C=O) groups excluding carboxylic acids is 2. The fourth-order valence-electron chi connectivity index (χ4n) is 4.65. The van der Waals surface area contributed by atoms with Gasteiger partial charge in [-0.1, -0.05) is 64.1 Å². The molecule has 1 amide bonds. The van der Waals surface area contributed by atoms with E-state index in [0.29, 0.717) is 17.0 Å². The second-order valence-corrected chi connectivity index (χ2v) is 10.2. The molecule has 1 atom stereocenters. The molecule has 0 aromatic heterocycles. The van der Waals surface area contributed by atoms with E-state index in [0.717, 1.165) is 28.7 Å². The summed E-state index contributed by atoms with van der Waals surface area (Å²) in [7, 11) is 1.58. The molecule has 5 nitrogen and oxygen atoms in total. The maximum atomic E-state index is 13.4. The number of carbonyl (C=O) groups is 2. The number of ether oxygens (including phenoxy) is 1. The van der Waals surface area contributed by atoms with Crippen LogP contribution in [-0.2, 0) is 21.4 Å². The molecule has 0 radical (unpaired) electrons. The standard InChI is InChI=1S/C31H33NO4/c1-7-20-8-10-21(11-9-20)27-26(28(33)22-12-17-25(36-6)19(2)18-22)29(34)30(35)32(27)24-15-13-23(14-16-24)31(3,4)5/h8-18,27,33H,7H2,1-6H3/b28-26-. The third-order valence-corrected chi connectivity index (χ3v) is 6.83. The lowest BCUT2D eigenvalue weighted by Gasteiger charge is -2.27. The maximum Gasteiger partial charge on any atom is 0.300 e. The van der Waals surface area contributed by atoms with E-state index in [2.05, 4.69) is 27.7 Å². The largest absolute Gasteiger partial charge is 0.507 e. The number of ketones is 1. The molecule has 36 heavy (non-hydrogen) atoms. The van der Waals surface area contributed by atoms with E-state index in [9.17, 15) is 14.7 Å². The highest BCUT2D eigenvalue weighted by atomic mass is 16.5. The molecule has 1 saturated heterocycles. The molecule has 1 unspecified atom stereocenters. The average Bonchev–Trinajstić information content (AvgIpc) is 3.13. The summed E-state index contributed by atoms with van der Waals surface area (Å²) in [6.45, 7) is 10.3. The molecule has 0 bridgehead atoms. The number of aliphatic hydroxyl groups excluding tert-OH is 1. The second-order valence-electron chi connectivity index (χ2n) is 10.2. The topological polar surface area (TPSA) is 66.8 Å². The van der Waals surface area contributed by atoms with Gasteiger partial charge in [0.2, 0.25) is 0 Å². The average molecular weight is 484 g/mol. The highest BCUT2D eigenvalue weighted by molar-refractivity contribution is 6.51. The van der Waals surface area contributed by atoms with Gasteiger partial charge in [-0.25, -0.2) is 0 Å². The maximum absolute atomic E-state index is 13.4. The predicted octanol–water partition coefficient (Wildman–Crippen LogP) is 6.49. The minimum absolute atomic E-state index is 0.0473. The number of aliphatic hydroxyl groups is 1. The zero-order valence-corrected chi connectivity index (χ0v) is 21.8. The second kappa shape index (κ2) is 9.65. The lowest BCUT2D eigenvalue weighted by molar-refractivity contribution is -0.132.